The summed E-state index contributed by atoms with van der Waals surface area (Å²) in [5.41, 5.74) is 0. The minimum absolute atomic E-state index is 0.137. The molecule has 0 bridgehead atoms. The van der Waals surface area contributed by atoms with E-state index < -0.39 is 0 Å². The normalized spacial score (nSPS) is 17.4. The number of nitrogens with one attached hydrogen (secondary N) is 2. The average Bonchev–Trinajstić information content (AvgIpc) is 2.62. The van der Waals surface area contributed by atoms with E-state index in [0.717, 1.165) is 39.0 Å². The average molecular weight is 256 g/mol. The van der Waals surface area contributed by atoms with Crippen molar-refractivity contribution in [3.05, 3.63) is 0 Å². The zero-order chi connectivity index (χ0) is 13.1. The number of ether oxygens (including phenoxy) is 1. The fourth-order valence-corrected chi connectivity index (χ4v) is 2.35. The summed E-state index contributed by atoms with van der Waals surface area (Å²) in [5.74, 6) is 0.137. The Kier molecular flexibility index (Phi) is 8.86. The Morgan fingerprint density at radius 2 is 1.94 bits per heavy atom. The highest BCUT2D eigenvalue weighted by Gasteiger charge is 2.13. The van der Waals surface area contributed by atoms with E-state index >= 15 is 0 Å². The van der Waals surface area contributed by atoms with Crippen LogP contribution in [-0.4, -0.2) is 38.3 Å². The lowest BCUT2D eigenvalue weighted by Crippen LogP contribution is -2.40. The number of hydrogen-bond acceptors (Lipinski definition) is 3. The molecule has 1 aliphatic carbocycles. The second kappa shape index (κ2) is 10.3. The van der Waals surface area contributed by atoms with Crippen molar-refractivity contribution in [2.45, 2.75) is 57.9 Å². The van der Waals surface area contributed by atoms with Crippen LogP contribution in [0.3, 0.4) is 0 Å². The molecule has 18 heavy (non-hydrogen) atoms. The Bertz CT molecular complexity index is 214. The van der Waals surface area contributed by atoms with Crippen LogP contribution < -0.4 is 10.6 Å². The minimum atomic E-state index is 0.137. The molecule has 0 spiro atoms. The Balaban J connectivity index is 1.98. The minimum Gasteiger partial charge on any atom is -0.382 e. The molecule has 0 aromatic carbocycles. The van der Waals surface area contributed by atoms with E-state index in [1.165, 1.54) is 25.7 Å². The molecule has 0 aromatic heterocycles. The van der Waals surface area contributed by atoms with Crippen molar-refractivity contribution < 1.29 is 9.53 Å². The second-order valence-electron chi connectivity index (χ2n) is 4.98. The largest absolute Gasteiger partial charge is 0.382 e. The SMILES string of the molecule is CCOCCCNCC(=O)NC1CCCCCC1. The summed E-state index contributed by atoms with van der Waals surface area (Å²) < 4.78 is 5.24. The highest BCUT2D eigenvalue weighted by Crippen LogP contribution is 2.16. The summed E-state index contributed by atoms with van der Waals surface area (Å²) in [7, 11) is 0. The summed E-state index contributed by atoms with van der Waals surface area (Å²) >= 11 is 0. The molecule has 0 aromatic rings. The molecule has 0 atom stereocenters. The Morgan fingerprint density at radius 1 is 1.22 bits per heavy atom. The van der Waals surface area contributed by atoms with E-state index in [1.807, 2.05) is 6.92 Å². The molecule has 1 saturated carbocycles. The third kappa shape index (κ3) is 7.67. The molecule has 2 N–H and O–H groups in total. The van der Waals surface area contributed by atoms with Crippen LogP contribution in [0.2, 0.25) is 0 Å². The van der Waals surface area contributed by atoms with Crippen LogP contribution in [-0.2, 0) is 9.53 Å². The van der Waals surface area contributed by atoms with Gasteiger partial charge in [0.1, 0.15) is 0 Å². The van der Waals surface area contributed by atoms with Gasteiger partial charge >= 0.3 is 0 Å². The van der Waals surface area contributed by atoms with Crippen LogP contribution in [0.25, 0.3) is 0 Å². The fourth-order valence-electron chi connectivity index (χ4n) is 2.35. The van der Waals surface area contributed by atoms with Gasteiger partial charge in [-0.3, -0.25) is 4.79 Å². The van der Waals surface area contributed by atoms with Gasteiger partial charge in [-0.1, -0.05) is 25.7 Å². The van der Waals surface area contributed by atoms with Gasteiger partial charge in [0.25, 0.3) is 0 Å². The molecule has 106 valence electrons. The molecule has 0 aliphatic heterocycles. The first-order valence-corrected chi connectivity index (χ1v) is 7.40. The van der Waals surface area contributed by atoms with Crippen molar-refractivity contribution in [1.29, 1.82) is 0 Å². The smallest absolute Gasteiger partial charge is 0.234 e. The van der Waals surface area contributed by atoms with Gasteiger partial charge in [0.15, 0.2) is 0 Å². The topological polar surface area (TPSA) is 50.4 Å². The van der Waals surface area contributed by atoms with Crippen molar-refractivity contribution in [1.82, 2.24) is 10.6 Å². The van der Waals surface area contributed by atoms with Gasteiger partial charge in [0.2, 0.25) is 5.91 Å². The predicted molar refractivity (Wildman–Crippen MR) is 73.6 cm³/mol. The summed E-state index contributed by atoms with van der Waals surface area (Å²) in [6.45, 7) is 4.81. The molecule has 1 rings (SSSR count). The van der Waals surface area contributed by atoms with E-state index in [-0.39, 0.29) is 5.91 Å². The van der Waals surface area contributed by atoms with Gasteiger partial charge in [-0.05, 0) is 32.7 Å². The first-order valence-electron chi connectivity index (χ1n) is 7.40. The first kappa shape index (κ1) is 15.4. The van der Waals surface area contributed by atoms with Crippen molar-refractivity contribution in [3.8, 4) is 0 Å². The van der Waals surface area contributed by atoms with Crippen molar-refractivity contribution in [3.63, 3.8) is 0 Å². The Labute approximate surface area is 111 Å². The molecule has 4 heteroatoms. The first-order chi connectivity index (χ1) is 8.83. The van der Waals surface area contributed by atoms with Crippen molar-refractivity contribution >= 4 is 5.91 Å². The fraction of sp³-hybridized carbons (Fsp3) is 0.929. The van der Waals surface area contributed by atoms with Crippen LogP contribution in [0.1, 0.15) is 51.9 Å². The van der Waals surface area contributed by atoms with Crippen LogP contribution in [0, 0.1) is 0 Å². The Morgan fingerprint density at radius 3 is 2.61 bits per heavy atom. The van der Waals surface area contributed by atoms with Crippen LogP contribution >= 0.6 is 0 Å². The van der Waals surface area contributed by atoms with Crippen LogP contribution in [0.5, 0.6) is 0 Å². The number of carbonyl (C=O) groups excluding carboxylic acids is 1. The van der Waals surface area contributed by atoms with Gasteiger partial charge in [-0.15, -0.1) is 0 Å². The third-order valence-electron chi connectivity index (χ3n) is 3.35. The summed E-state index contributed by atoms with van der Waals surface area (Å²) in [4.78, 5) is 11.7. The van der Waals surface area contributed by atoms with Gasteiger partial charge in [-0.2, -0.15) is 0 Å². The van der Waals surface area contributed by atoms with E-state index in [0.29, 0.717) is 12.6 Å². The maximum atomic E-state index is 11.7. The molecule has 0 heterocycles. The molecule has 1 aliphatic rings. The molecule has 1 fully saturated rings. The molecule has 0 saturated heterocycles. The standard InChI is InChI=1S/C14H28N2O2/c1-2-18-11-7-10-15-12-14(17)16-13-8-5-3-4-6-9-13/h13,15H,2-12H2,1H3,(H,16,17). The van der Waals surface area contributed by atoms with Crippen molar-refractivity contribution in [2.75, 3.05) is 26.3 Å². The molecular formula is C14H28N2O2. The maximum absolute atomic E-state index is 11.7. The number of carbonyl (C=O) groups is 1. The highest BCUT2D eigenvalue weighted by atomic mass is 16.5. The maximum Gasteiger partial charge on any atom is 0.234 e. The zero-order valence-corrected chi connectivity index (χ0v) is 11.7. The summed E-state index contributed by atoms with van der Waals surface area (Å²) in [5, 5.41) is 6.29. The van der Waals surface area contributed by atoms with Gasteiger partial charge in [0, 0.05) is 19.3 Å². The summed E-state index contributed by atoms with van der Waals surface area (Å²) in [6.07, 6.45) is 8.42. The number of rotatable bonds is 8. The van der Waals surface area contributed by atoms with Gasteiger partial charge < -0.3 is 15.4 Å². The summed E-state index contributed by atoms with van der Waals surface area (Å²) in [6, 6.07) is 0.408. The second-order valence-corrected chi connectivity index (χ2v) is 4.98. The highest BCUT2D eigenvalue weighted by molar-refractivity contribution is 5.78. The lowest BCUT2D eigenvalue weighted by molar-refractivity contribution is -0.121. The molecule has 4 nitrogen and oxygen atoms in total. The Hall–Kier alpha value is -0.610. The van der Waals surface area contributed by atoms with E-state index in [4.69, 9.17) is 4.74 Å². The van der Waals surface area contributed by atoms with E-state index in [9.17, 15) is 4.79 Å². The monoisotopic (exact) mass is 256 g/mol. The lowest BCUT2D eigenvalue weighted by Gasteiger charge is -2.16. The van der Waals surface area contributed by atoms with Crippen LogP contribution in [0.15, 0.2) is 0 Å². The van der Waals surface area contributed by atoms with E-state index in [1.54, 1.807) is 0 Å². The van der Waals surface area contributed by atoms with Gasteiger partial charge in [-0.25, -0.2) is 0 Å². The predicted octanol–water partition coefficient (Wildman–Crippen LogP) is 1.84. The third-order valence-corrected chi connectivity index (χ3v) is 3.35. The zero-order valence-electron chi connectivity index (χ0n) is 11.7. The van der Waals surface area contributed by atoms with Crippen LogP contribution in [0.4, 0.5) is 0 Å². The van der Waals surface area contributed by atoms with Gasteiger partial charge in [0.05, 0.1) is 6.54 Å². The molecule has 0 radical (unpaired) electrons. The lowest BCUT2D eigenvalue weighted by atomic mass is 10.1. The molecule has 1 amide bonds. The molecular weight excluding hydrogens is 228 g/mol. The number of amides is 1. The number of hydrogen-bond donors (Lipinski definition) is 2. The van der Waals surface area contributed by atoms with E-state index in [2.05, 4.69) is 10.6 Å². The molecule has 0 unspecified atom stereocenters. The quantitative estimate of drug-likeness (QED) is 0.515. The van der Waals surface area contributed by atoms with Crippen molar-refractivity contribution in [2.24, 2.45) is 0 Å².